The monoisotopic (exact) mass is 241 g/mol. The Kier molecular flexibility index (Phi) is 7.09. The molecule has 3 N–H and O–H groups in total. The average molecular weight is 241 g/mol. The average Bonchev–Trinajstić information content (AvgIpc) is 2.38. The zero-order valence-corrected chi connectivity index (χ0v) is 11.9. The lowest BCUT2D eigenvalue weighted by atomic mass is 9.84. The number of rotatable bonds is 7. The summed E-state index contributed by atoms with van der Waals surface area (Å²) >= 11 is 0. The molecule has 0 bridgehead atoms. The zero-order valence-electron chi connectivity index (χ0n) is 11.9. The molecule has 1 aliphatic rings. The van der Waals surface area contributed by atoms with Crippen molar-refractivity contribution in [2.75, 3.05) is 26.7 Å². The summed E-state index contributed by atoms with van der Waals surface area (Å²) in [6, 6.07) is 1.35. The first-order valence-corrected chi connectivity index (χ1v) is 7.32. The summed E-state index contributed by atoms with van der Waals surface area (Å²) in [5.74, 6) is 0.706. The molecule has 1 fully saturated rings. The van der Waals surface area contributed by atoms with Crippen LogP contribution in [0.25, 0.3) is 0 Å². The van der Waals surface area contributed by atoms with Gasteiger partial charge in [-0.2, -0.15) is 0 Å². The molecule has 3 unspecified atom stereocenters. The summed E-state index contributed by atoms with van der Waals surface area (Å²) in [4.78, 5) is 2.44. The first-order valence-electron chi connectivity index (χ1n) is 7.32. The van der Waals surface area contributed by atoms with Gasteiger partial charge in [-0.15, -0.1) is 0 Å². The van der Waals surface area contributed by atoms with Gasteiger partial charge in [0.25, 0.3) is 0 Å². The highest BCUT2D eigenvalue weighted by atomic mass is 15.1. The van der Waals surface area contributed by atoms with Crippen molar-refractivity contribution in [3.8, 4) is 0 Å². The summed E-state index contributed by atoms with van der Waals surface area (Å²) < 4.78 is 0. The Morgan fingerprint density at radius 3 is 2.71 bits per heavy atom. The second kappa shape index (κ2) is 8.06. The van der Waals surface area contributed by atoms with Gasteiger partial charge in [-0.05, 0) is 45.7 Å². The minimum Gasteiger partial charge on any atom is -0.330 e. The maximum atomic E-state index is 5.84. The van der Waals surface area contributed by atoms with Gasteiger partial charge in [0.2, 0.25) is 0 Å². The van der Waals surface area contributed by atoms with E-state index in [-0.39, 0.29) is 0 Å². The van der Waals surface area contributed by atoms with Crippen LogP contribution in [0, 0.1) is 5.92 Å². The van der Waals surface area contributed by atoms with Crippen LogP contribution in [0.4, 0.5) is 0 Å². The van der Waals surface area contributed by atoms with E-state index >= 15 is 0 Å². The van der Waals surface area contributed by atoms with E-state index in [9.17, 15) is 0 Å². The molecule has 0 aromatic heterocycles. The molecule has 1 aliphatic carbocycles. The normalized spacial score (nSPS) is 27.4. The fourth-order valence-corrected chi connectivity index (χ4v) is 2.72. The van der Waals surface area contributed by atoms with Crippen LogP contribution in [-0.2, 0) is 0 Å². The third-order valence-corrected chi connectivity index (χ3v) is 4.43. The number of likely N-dealkylation sites (N-methyl/N-ethyl adjacent to an activating group) is 1. The number of hydrogen-bond acceptors (Lipinski definition) is 3. The predicted molar refractivity (Wildman–Crippen MR) is 75.2 cm³/mol. The van der Waals surface area contributed by atoms with E-state index in [1.165, 1.54) is 32.1 Å². The van der Waals surface area contributed by atoms with Gasteiger partial charge in [-0.25, -0.2) is 0 Å². The molecule has 0 saturated heterocycles. The zero-order chi connectivity index (χ0) is 12.7. The lowest BCUT2D eigenvalue weighted by molar-refractivity contribution is 0.225. The van der Waals surface area contributed by atoms with E-state index in [2.05, 4.69) is 31.1 Å². The first-order chi connectivity index (χ1) is 8.19. The minimum atomic E-state index is 0.666. The molecule has 17 heavy (non-hydrogen) atoms. The largest absolute Gasteiger partial charge is 0.330 e. The van der Waals surface area contributed by atoms with E-state index in [0.29, 0.717) is 18.0 Å². The summed E-state index contributed by atoms with van der Waals surface area (Å²) in [7, 11) is 2.22. The first kappa shape index (κ1) is 14.9. The molecule has 0 spiro atoms. The van der Waals surface area contributed by atoms with Crippen LogP contribution in [0.3, 0.4) is 0 Å². The molecule has 0 radical (unpaired) electrons. The smallest absolute Gasteiger partial charge is 0.0108 e. The van der Waals surface area contributed by atoms with Crippen molar-refractivity contribution < 1.29 is 0 Å². The molecule has 3 nitrogen and oxygen atoms in total. The summed E-state index contributed by atoms with van der Waals surface area (Å²) in [5, 5.41) is 3.71. The van der Waals surface area contributed by atoms with Gasteiger partial charge in [0.15, 0.2) is 0 Å². The topological polar surface area (TPSA) is 41.3 Å². The van der Waals surface area contributed by atoms with Gasteiger partial charge in [0.05, 0.1) is 0 Å². The molecule has 1 rings (SSSR count). The van der Waals surface area contributed by atoms with Crippen molar-refractivity contribution in [3.05, 3.63) is 0 Å². The van der Waals surface area contributed by atoms with Gasteiger partial charge >= 0.3 is 0 Å². The number of hydrogen-bond donors (Lipinski definition) is 2. The molecule has 0 aliphatic heterocycles. The van der Waals surface area contributed by atoms with Gasteiger partial charge in [0, 0.05) is 25.2 Å². The molecule has 0 aromatic carbocycles. The number of nitrogens with one attached hydrogen (secondary N) is 1. The standard InChI is InChI=1S/C14H31N3/c1-4-12(2)17(3)10-9-16-14-8-6-5-7-13(14)11-15/h12-14,16H,4-11,15H2,1-3H3. The van der Waals surface area contributed by atoms with E-state index in [1.54, 1.807) is 0 Å². The second-order valence-electron chi connectivity index (χ2n) is 5.58. The highest BCUT2D eigenvalue weighted by Crippen LogP contribution is 2.23. The summed E-state index contributed by atoms with van der Waals surface area (Å²) in [6.45, 7) is 7.63. The molecular formula is C14H31N3. The quantitative estimate of drug-likeness (QED) is 0.714. The Balaban J connectivity index is 2.20. The molecule has 0 amide bonds. The summed E-state index contributed by atoms with van der Waals surface area (Å²) in [6.07, 6.45) is 6.60. The SMILES string of the molecule is CCC(C)N(C)CCNC1CCCCC1CN. The van der Waals surface area contributed by atoms with Gasteiger partial charge in [0.1, 0.15) is 0 Å². The van der Waals surface area contributed by atoms with E-state index < -0.39 is 0 Å². The Morgan fingerprint density at radius 1 is 1.35 bits per heavy atom. The lowest BCUT2D eigenvalue weighted by Crippen LogP contribution is -2.45. The lowest BCUT2D eigenvalue weighted by Gasteiger charge is -2.32. The van der Waals surface area contributed by atoms with Crippen LogP contribution >= 0.6 is 0 Å². The minimum absolute atomic E-state index is 0.666. The van der Waals surface area contributed by atoms with Gasteiger partial charge < -0.3 is 16.0 Å². The molecule has 3 atom stereocenters. The Hall–Kier alpha value is -0.120. The van der Waals surface area contributed by atoms with Crippen molar-refractivity contribution >= 4 is 0 Å². The van der Waals surface area contributed by atoms with E-state index in [1.807, 2.05) is 0 Å². The highest BCUT2D eigenvalue weighted by molar-refractivity contribution is 4.81. The third kappa shape index (κ3) is 4.94. The van der Waals surface area contributed by atoms with Crippen LogP contribution in [0.15, 0.2) is 0 Å². The highest BCUT2D eigenvalue weighted by Gasteiger charge is 2.23. The Bertz CT molecular complexity index is 196. The van der Waals surface area contributed by atoms with Crippen LogP contribution in [0.1, 0.15) is 46.0 Å². The Labute approximate surface area is 107 Å². The van der Waals surface area contributed by atoms with Crippen molar-refractivity contribution in [3.63, 3.8) is 0 Å². The molecule has 102 valence electrons. The maximum Gasteiger partial charge on any atom is 0.0108 e. The second-order valence-corrected chi connectivity index (χ2v) is 5.58. The summed E-state index contributed by atoms with van der Waals surface area (Å²) in [5.41, 5.74) is 5.84. The van der Waals surface area contributed by atoms with Crippen LogP contribution in [0.5, 0.6) is 0 Å². The maximum absolute atomic E-state index is 5.84. The van der Waals surface area contributed by atoms with E-state index in [4.69, 9.17) is 5.73 Å². The van der Waals surface area contributed by atoms with Crippen molar-refractivity contribution in [1.82, 2.24) is 10.2 Å². The third-order valence-electron chi connectivity index (χ3n) is 4.43. The van der Waals surface area contributed by atoms with Crippen molar-refractivity contribution in [2.24, 2.45) is 11.7 Å². The Morgan fingerprint density at radius 2 is 2.06 bits per heavy atom. The molecule has 1 saturated carbocycles. The fourth-order valence-electron chi connectivity index (χ4n) is 2.72. The predicted octanol–water partition coefficient (Wildman–Crippen LogP) is 1.82. The fraction of sp³-hybridized carbons (Fsp3) is 1.00. The van der Waals surface area contributed by atoms with Gasteiger partial charge in [-0.3, -0.25) is 0 Å². The molecule has 0 aromatic rings. The van der Waals surface area contributed by atoms with Crippen LogP contribution in [0.2, 0.25) is 0 Å². The van der Waals surface area contributed by atoms with E-state index in [0.717, 1.165) is 19.6 Å². The number of nitrogens with zero attached hydrogens (tertiary/aromatic N) is 1. The number of nitrogens with two attached hydrogens (primary N) is 1. The van der Waals surface area contributed by atoms with Crippen molar-refractivity contribution in [1.29, 1.82) is 0 Å². The molecule has 0 heterocycles. The van der Waals surface area contributed by atoms with Crippen LogP contribution in [-0.4, -0.2) is 43.7 Å². The van der Waals surface area contributed by atoms with Crippen molar-refractivity contribution in [2.45, 2.75) is 58.0 Å². The molecular weight excluding hydrogens is 210 g/mol. The van der Waals surface area contributed by atoms with Gasteiger partial charge in [-0.1, -0.05) is 19.8 Å². The van der Waals surface area contributed by atoms with Crippen LogP contribution < -0.4 is 11.1 Å². The molecule has 3 heteroatoms.